The molecule has 2 aromatic carbocycles. The van der Waals surface area contributed by atoms with Crippen molar-refractivity contribution in [2.24, 2.45) is 0 Å². The molecule has 3 aromatic rings. The first-order chi connectivity index (χ1) is 9.25. The van der Waals surface area contributed by atoms with Crippen LogP contribution in [0.5, 0.6) is 0 Å². The lowest BCUT2D eigenvalue weighted by atomic mass is 10.2. The Morgan fingerprint density at radius 1 is 0.895 bits per heavy atom. The Balaban J connectivity index is 2.07. The topological polar surface area (TPSA) is 64.9 Å². The fourth-order valence-electron chi connectivity index (χ4n) is 1.79. The summed E-state index contributed by atoms with van der Waals surface area (Å²) >= 11 is 6.11. The Bertz CT molecular complexity index is 689. The van der Waals surface area contributed by atoms with Gasteiger partial charge in [-0.1, -0.05) is 35.9 Å². The normalized spacial score (nSPS) is 10.6. The van der Waals surface area contributed by atoms with Gasteiger partial charge in [-0.2, -0.15) is 0 Å². The van der Waals surface area contributed by atoms with Crippen molar-refractivity contribution in [1.82, 2.24) is 10.2 Å². The highest BCUT2D eigenvalue weighted by Gasteiger charge is 2.15. The van der Waals surface area contributed by atoms with Crippen LogP contribution < -0.4 is 5.73 Å². The first-order valence-corrected chi connectivity index (χ1v) is 6.07. The molecular weight excluding hydrogens is 262 g/mol. The molecule has 0 atom stereocenters. The molecule has 0 unspecified atom stereocenters. The average Bonchev–Trinajstić information content (AvgIpc) is 2.89. The van der Waals surface area contributed by atoms with Gasteiger partial charge < -0.3 is 10.2 Å². The van der Waals surface area contributed by atoms with Gasteiger partial charge in [-0.05, 0) is 24.3 Å². The van der Waals surface area contributed by atoms with E-state index in [4.69, 9.17) is 21.8 Å². The zero-order valence-electron chi connectivity index (χ0n) is 9.88. The fourth-order valence-corrected chi connectivity index (χ4v) is 2.05. The van der Waals surface area contributed by atoms with E-state index < -0.39 is 0 Å². The Labute approximate surface area is 114 Å². The number of anilines is 1. The molecule has 0 aliphatic heterocycles. The first kappa shape index (κ1) is 11.7. The van der Waals surface area contributed by atoms with Crippen LogP contribution in [0, 0.1) is 0 Å². The molecule has 0 aliphatic rings. The van der Waals surface area contributed by atoms with Gasteiger partial charge in [0.15, 0.2) is 0 Å². The standard InChI is InChI=1S/C14H10ClN3O/c15-10-7-4-8-11(16)12(10)14-18-17-13(19-14)9-5-2-1-3-6-9/h1-8H,16H2. The van der Waals surface area contributed by atoms with Crippen molar-refractivity contribution in [3.8, 4) is 22.9 Å². The van der Waals surface area contributed by atoms with E-state index >= 15 is 0 Å². The van der Waals surface area contributed by atoms with E-state index in [0.29, 0.717) is 28.1 Å². The highest BCUT2D eigenvalue weighted by Crippen LogP contribution is 2.33. The molecule has 0 saturated heterocycles. The zero-order chi connectivity index (χ0) is 13.2. The Hall–Kier alpha value is -2.33. The summed E-state index contributed by atoms with van der Waals surface area (Å²) in [5.41, 5.74) is 7.82. The minimum absolute atomic E-state index is 0.321. The van der Waals surface area contributed by atoms with Gasteiger partial charge in [-0.25, -0.2) is 0 Å². The Morgan fingerprint density at radius 2 is 1.63 bits per heavy atom. The SMILES string of the molecule is Nc1cccc(Cl)c1-c1nnc(-c2ccccc2)o1. The molecule has 0 fully saturated rings. The molecule has 4 nitrogen and oxygen atoms in total. The third-order valence-electron chi connectivity index (χ3n) is 2.71. The number of rotatable bonds is 2. The van der Waals surface area contributed by atoms with Crippen LogP contribution in [0.1, 0.15) is 0 Å². The lowest BCUT2D eigenvalue weighted by Crippen LogP contribution is -1.90. The second kappa shape index (κ2) is 4.74. The van der Waals surface area contributed by atoms with Gasteiger partial charge in [-0.3, -0.25) is 0 Å². The monoisotopic (exact) mass is 271 g/mol. The van der Waals surface area contributed by atoms with Crippen molar-refractivity contribution in [2.45, 2.75) is 0 Å². The minimum Gasteiger partial charge on any atom is -0.416 e. The summed E-state index contributed by atoms with van der Waals surface area (Å²) in [4.78, 5) is 0. The van der Waals surface area contributed by atoms with Gasteiger partial charge in [0.25, 0.3) is 5.89 Å². The van der Waals surface area contributed by atoms with Gasteiger partial charge in [0.05, 0.1) is 10.6 Å². The summed E-state index contributed by atoms with van der Waals surface area (Å²) < 4.78 is 5.63. The number of nitrogens with zero attached hydrogens (tertiary/aromatic N) is 2. The summed E-state index contributed by atoms with van der Waals surface area (Å²) in [5, 5.41) is 8.51. The molecule has 0 amide bonds. The fraction of sp³-hybridized carbons (Fsp3) is 0. The van der Waals surface area contributed by atoms with Crippen molar-refractivity contribution in [3.63, 3.8) is 0 Å². The molecule has 19 heavy (non-hydrogen) atoms. The molecule has 94 valence electrons. The van der Waals surface area contributed by atoms with E-state index in [1.807, 2.05) is 30.3 Å². The highest BCUT2D eigenvalue weighted by molar-refractivity contribution is 6.33. The highest BCUT2D eigenvalue weighted by atomic mass is 35.5. The number of hydrogen-bond donors (Lipinski definition) is 1. The van der Waals surface area contributed by atoms with Crippen LogP contribution in [0.2, 0.25) is 5.02 Å². The maximum absolute atomic E-state index is 6.11. The van der Waals surface area contributed by atoms with Crippen molar-refractivity contribution in [1.29, 1.82) is 0 Å². The smallest absolute Gasteiger partial charge is 0.251 e. The molecular formula is C14H10ClN3O. The van der Waals surface area contributed by atoms with Gasteiger partial charge in [0, 0.05) is 11.3 Å². The molecule has 1 heterocycles. The van der Waals surface area contributed by atoms with Gasteiger partial charge >= 0.3 is 0 Å². The predicted molar refractivity (Wildman–Crippen MR) is 74.6 cm³/mol. The van der Waals surface area contributed by atoms with E-state index in [1.54, 1.807) is 18.2 Å². The number of hydrogen-bond acceptors (Lipinski definition) is 4. The molecule has 0 spiro atoms. The third kappa shape index (κ3) is 2.18. The molecule has 0 aliphatic carbocycles. The lowest BCUT2D eigenvalue weighted by molar-refractivity contribution is 0.585. The minimum atomic E-state index is 0.321. The predicted octanol–water partition coefficient (Wildman–Crippen LogP) is 3.64. The summed E-state index contributed by atoms with van der Waals surface area (Å²) in [6.45, 7) is 0. The van der Waals surface area contributed by atoms with Crippen LogP contribution in [-0.4, -0.2) is 10.2 Å². The van der Waals surface area contributed by atoms with Gasteiger partial charge in [-0.15, -0.1) is 10.2 Å². The van der Waals surface area contributed by atoms with Crippen LogP contribution in [-0.2, 0) is 0 Å². The summed E-state index contributed by atoms with van der Waals surface area (Å²) in [6.07, 6.45) is 0. The zero-order valence-corrected chi connectivity index (χ0v) is 10.6. The van der Waals surface area contributed by atoms with E-state index in [9.17, 15) is 0 Å². The second-order valence-corrected chi connectivity index (χ2v) is 4.39. The van der Waals surface area contributed by atoms with Crippen LogP contribution in [0.25, 0.3) is 22.9 Å². The maximum atomic E-state index is 6.11. The molecule has 3 rings (SSSR count). The Morgan fingerprint density at radius 3 is 2.37 bits per heavy atom. The van der Waals surface area contributed by atoms with E-state index in [1.165, 1.54) is 0 Å². The van der Waals surface area contributed by atoms with Crippen LogP contribution in [0.15, 0.2) is 52.9 Å². The number of aromatic nitrogens is 2. The first-order valence-electron chi connectivity index (χ1n) is 5.69. The second-order valence-electron chi connectivity index (χ2n) is 3.98. The average molecular weight is 272 g/mol. The molecule has 1 aromatic heterocycles. The number of nitrogen functional groups attached to an aromatic ring is 1. The number of benzene rings is 2. The lowest BCUT2D eigenvalue weighted by Gasteiger charge is -2.02. The summed E-state index contributed by atoms with van der Waals surface area (Å²) in [7, 11) is 0. The van der Waals surface area contributed by atoms with Gasteiger partial charge in [0.1, 0.15) is 0 Å². The van der Waals surface area contributed by atoms with E-state index in [-0.39, 0.29) is 0 Å². The number of nitrogens with two attached hydrogens (primary N) is 1. The van der Waals surface area contributed by atoms with Crippen molar-refractivity contribution in [2.75, 3.05) is 5.73 Å². The molecule has 5 heteroatoms. The van der Waals surface area contributed by atoms with E-state index in [2.05, 4.69) is 10.2 Å². The summed E-state index contributed by atoms with van der Waals surface area (Å²) in [5.74, 6) is 0.761. The quantitative estimate of drug-likeness (QED) is 0.723. The van der Waals surface area contributed by atoms with Crippen LogP contribution in [0.4, 0.5) is 5.69 Å². The van der Waals surface area contributed by atoms with Crippen molar-refractivity contribution < 1.29 is 4.42 Å². The summed E-state index contributed by atoms with van der Waals surface area (Å²) in [6, 6.07) is 14.8. The van der Waals surface area contributed by atoms with Crippen molar-refractivity contribution >= 4 is 17.3 Å². The number of halogens is 1. The van der Waals surface area contributed by atoms with E-state index in [0.717, 1.165) is 5.56 Å². The van der Waals surface area contributed by atoms with Crippen molar-refractivity contribution in [3.05, 3.63) is 53.6 Å². The molecule has 0 saturated carbocycles. The van der Waals surface area contributed by atoms with Crippen LogP contribution >= 0.6 is 11.6 Å². The largest absolute Gasteiger partial charge is 0.416 e. The van der Waals surface area contributed by atoms with Gasteiger partial charge in [0.2, 0.25) is 5.89 Å². The molecule has 0 bridgehead atoms. The molecule has 0 radical (unpaired) electrons. The molecule has 2 N–H and O–H groups in total. The Kier molecular flexibility index (Phi) is 2.93. The maximum Gasteiger partial charge on any atom is 0.251 e. The van der Waals surface area contributed by atoms with Crippen LogP contribution in [0.3, 0.4) is 0 Å². The third-order valence-corrected chi connectivity index (χ3v) is 3.02.